The molecule has 1 atom stereocenters. The van der Waals surface area contributed by atoms with Crippen molar-refractivity contribution in [3.05, 3.63) is 29.8 Å². The lowest BCUT2D eigenvalue weighted by atomic mass is 10.1. The number of hydrogen-bond donors (Lipinski definition) is 4. The number of carboxylic acids is 2. The topological polar surface area (TPSA) is 107 Å². The van der Waals surface area contributed by atoms with Gasteiger partial charge in [0.05, 0.1) is 6.42 Å². The Kier molecular flexibility index (Phi) is 5.13. The fourth-order valence-electron chi connectivity index (χ4n) is 1.47. The van der Waals surface area contributed by atoms with Crippen molar-refractivity contribution < 1.29 is 24.9 Å². The molecule has 6 nitrogen and oxygen atoms in total. The molecule has 0 heterocycles. The number of phenolic OH excluding ortho intramolecular Hbond substituents is 1. The Balaban J connectivity index is 2.54. The van der Waals surface area contributed by atoms with Gasteiger partial charge in [-0.2, -0.15) is 0 Å². The van der Waals surface area contributed by atoms with Crippen molar-refractivity contribution in [3.63, 3.8) is 0 Å². The number of hydrogen-bond acceptors (Lipinski definition) is 4. The molecule has 98 valence electrons. The zero-order valence-corrected chi connectivity index (χ0v) is 9.67. The van der Waals surface area contributed by atoms with E-state index in [2.05, 4.69) is 5.32 Å². The Morgan fingerprint density at radius 3 is 2.28 bits per heavy atom. The minimum Gasteiger partial charge on any atom is -0.508 e. The van der Waals surface area contributed by atoms with E-state index in [1.165, 1.54) is 12.1 Å². The summed E-state index contributed by atoms with van der Waals surface area (Å²) in [6, 6.07) is 5.37. The molecule has 0 aliphatic carbocycles. The summed E-state index contributed by atoms with van der Waals surface area (Å²) < 4.78 is 0. The van der Waals surface area contributed by atoms with Gasteiger partial charge in [0.2, 0.25) is 0 Å². The van der Waals surface area contributed by atoms with Crippen LogP contribution in [0.15, 0.2) is 24.3 Å². The van der Waals surface area contributed by atoms with Gasteiger partial charge < -0.3 is 20.6 Å². The first-order valence-electron chi connectivity index (χ1n) is 5.45. The van der Waals surface area contributed by atoms with Crippen LogP contribution in [-0.4, -0.2) is 39.8 Å². The molecule has 0 bridgehead atoms. The number of benzene rings is 1. The van der Waals surface area contributed by atoms with E-state index in [0.717, 1.165) is 5.56 Å². The van der Waals surface area contributed by atoms with Gasteiger partial charge in [0.1, 0.15) is 11.8 Å². The maximum Gasteiger partial charge on any atom is 0.321 e. The van der Waals surface area contributed by atoms with Crippen LogP contribution in [0.25, 0.3) is 0 Å². The normalized spacial score (nSPS) is 12.0. The molecule has 0 unspecified atom stereocenters. The van der Waals surface area contributed by atoms with E-state index in [-0.39, 0.29) is 25.1 Å². The molecule has 0 aliphatic rings. The zero-order chi connectivity index (χ0) is 13.5. The monoisotopic (exact) mass is 253 g/mol. The van der Waals surface area contributed by atoms with E-state index in [4.69, 9.17) is 15.3 Å². The molecule has 0 spiro atoms. The number of rotatable bonds is 7. The third kappa shape index (κ3) is 4.84. The number of aliphatic carboxylic acids is 2. The molecular weight excluding hydrogens is 238 g/mol. The van der Waals surface area contributed by atoms with E-state index in [1.807, 2.05) is 0 Å². The Labute approximate surface area is 104 Å². The van der Waals surface area contributed by atoms with Gasteiger partial charge in [-0.1, -0.05) is 12.1 Å². The average Bonchev–Trinajstić information content (AvgIpc) is 2.30. The third-order valence-corrected chi connectivity index (χ3v) is 2.40. The van der Waals surface area contributed by atoms with Gasteiger partial charge in [0, 0.05) is 6.54 Å². The van der Waals surface area contributed by atoms with Crippen molar-refractivity contribution in [1.82, 2.24) is 5.32 Å². The van der Waals surface area contributed by atoms with Crippen LogP contribution >= 0.6 is 0 Å². The molecule has 0 radical (unpaired) electrons. The lowest BCUT2D eigenvalue weighted by Gasteiger charge is -2.13. The quantitative estimate of drug-likeness (QED) is 0.562. The average molecular weight is 253 g/mol. The van der Waals surface area contributed by atoms with Crippen LogP contribution in [0.4, 0.5) is 0 Å². The van der Waals surface area contributed by atoms with Crippen LogP contribution in [0.5, 0.6) is 5.75 Å². The molecule has 0 saturated heterocycles. The van der Waals surface area contributed by atoms with Gasteiger partial charge in [-0.25, -0.2) is 0 Å². The van der Waals surface area contributed by atoms with Gasteiger partial charge in [0.15, 0.2) is 0 Å². The second-order valence-electron chi connectivity index (χ2n) is 3.86. The zero-order valence-electron chi connectivity index (χ0n) is 9.67. The molecule has 0 aliphatic heterocycles. The van der Waals surface area contributed by atoms with Gasteiger partial charge in [-0.3, -0.25) is 9.59 Å². The van der Waals surface area contributed by atoms with Crippen LogP contribution in [0, 0.1) is 0 Å². The highest BCUT2D eigenvalue weighted by molar-refractivity contribution is 5.74. The summed E-state index contributed by atoms with van der Waals surface area (Å²) in [7, 11) is 0. The maximum absolute atomic E-state index is 11.0. The van der Waals surface area contributed by atoms with Crippen molar-refractivity contribution in [2.45, 2.75) is 18.9 Å². The van der Waals surface area contributed by atoms with E-state index >= 15 is 0 Å². The minimum absolute atomic E-state index is 0.102. The molecule has 6 heteroatoms. The van der Waals surface area contributed by atoms with E-state index in [0.29, 0.717) is 0 Å². The summed E-state index contributed by atoms with van der Waals surface area (Å²) >= 11 is 0. The van der Waals surface area contributed by atoms with Crippen molar-refractivity contribution in [3.8, 4) is 5.75 Å². The Hall–Kier alpha value is -2.08. The molecule has 4 N–H and O–H groups in total. The second kappa shape index (κ2) is 6.61. The summed E-state index contributed by atoms with van der Waals surface area (Å²) in [4.78, 5) is 21.3. The smallest absolute Gasteiger partial charge is 0.321 e. The molecule has 1 rings (SSSR count). The highest BCUT2D eigenvalue weighted by Crippen LogP contribution is 2.11. The van der Waals surface area contributed by atoms with Crippen molar-refractivity contribution >= 4 is 11.9 Å². The van der Waals surface area contributed by atoms with Crippen LogP contribution in [0.1, 0.15) is 12.0 Å². The van der Waals surface area contributed by atoms with Gasteiger partial charge >= 0.3 is 11.9 Å². The number of nitrogens with one attached hydrogen (secondary N) is 1. The second-order valence-corrected chi connectivity index (χ2v) is 3.86. The standard InChI is InChI=1S/C12H15NO5/c14-9-3-1-8(2-4-9)7-10(12(17)18)13-6-5-11(15)16/h1-4,10,13-14H,5-7H2,(H,15,16)(H,17,18)/t10-/m1/s1. The van der Waals surface area contributed by atoms with Crippen molar-refractivity contribution in [1.29, 1.82) is 0 Å². The first-order valence-corrected chi connectivity index (χ1v) is 5.45. The SMILES string of the molecule is O=C(O)CCN[C@H](Cc1ccc(O)cc1)C(=O)O. The molecule has 0 aromatic heterocycles. The number of carboxylic acid groups (broad SMARTS) is 2. The Morgan fingerprint density at radius 2 is 1.78 bits per heavy atom. The maximum atomic E-state index is 11.0. The largest absolute Gasteiger partial charge is 0.508 e. The Morgan fingerprint density at radius 1 is 1.17 bits per heavy atom. The number of phenols is 1. The summed E-state index contributed by atoms with van der Waals surface area (Å²) in [6.07, 6.45) is 0.106. The number of aromatic hydroxyl groups is 1. The fraction of sp³-hybridized carbons (Fsp3) is 0.333. The third-order valence-electron chi connectivity index (χ3n) is 2.40. The summed E-state index contributed by atoms with van der Waals surface area (Å²) in [5.41, 5.74) is 0.753. The molecule has 0 fully saturated rings. The fourth-order valence-corrected chi connectivity index (χ4v) is 1.47. The van der Waals surface area contributed by atoms with E-state index in [1.54, 1.807) is 12.1 Å². The predicted molar refractivity (Wildman–Crippen MR) is 63.5 cm³/mol. The van der Waals surface area contributed by atoms with Crippen LogP contribution in [0.3, 0.4) is 0 Å². The molecule has 0 saturated carbocycles. The van der Waals surface area contributed by atoms with Gasteiger partial charge in [-0.05, 0) is 24.1 Å². The summed E-state index contributed by atoms with van der Waals surface area (Å²) in [6.45, 7) is 0.102. The first kappa shape index (κ1) is 14.0. The van der Waals surface area contributed by atoms with Gasteiger partial charge in [-0.15, -0.1) is 0 Å². The molecule has 1 aromatic rings. The van der Waals surface area contributed by atoms with Crippen molar-refractivity contribution in [2.24, 2.45) is 0 Å². The van der Waals surface area contributed by atoms with Crippen LogP contribution < -0.4 is 5.32 Å². The molecular formula is C12H15NO5. The number of carbonyl (C=O) groups is 2. The first-order chi connectivity index (χ1) is 8.49. The summed E-state index contributed by atoms with van der Waals surface area (Å²) in [5.74, 6) is -1.89. The lowest BCUT2D eigenvalue weighted by molar-refractivity contribution is -0.140. The highest BCUT2D eigenvalue weighted by Gasteiger charge is 2.17. The van der Waals surface area contributed by atoms with Crippen molar-refractivity contribution in [2.75, 3.05) is 6.54 Å². The summed E-state index contributed by atoms with van der Waals surface area (Å²) in [5, 5.41) is 29.2. The minimum atomic E-state index is -1.03. The van der Waals surface area contributed by atoms with Crippen LogP contribution in [-0.2, 0) is 16.0 Å². The molecule has 0 amide bonds. The van der Waals surface area contributed by atoms with Crippen LogP contribution in [0.2, 0.25) is 0 Å². The lowest BCUT2D eigenvalue weighted by Crippen LogP contribution is -2.39. The predicted octanol–water partition coefficient (Wildman–Crippen LogP) is 0.452. The highest BCUT2D eigenvalue weighted by atomic mass is 16.4. The van der Waals surface area contributed by atoms with Gasteiger partial charge in [0.25, 0.3) is 0 Å². The Bertz CT molecular complexity index is 415. The van der Waals surface area contributed by atoms with E-state index in [9.17, 15) is 9.59 Å². The molecule has 1 aromatic carbocycles. The van der Waals surface area contributed by atoms with E-state index < -0.39 is 18.0 Å². The molecule has 18 heavy (non-hydrogen) atoms.